The molecule has 0 aliphatic heterocycles. The number of hydrogen-bond acceptors (Lipinski definition) is 3. The van der Waals surface area contributed by atoms with Gasteiger partial charge in [-0.05, 0) is 37.5 Å². The largest absolute Gasteiger partial charge is 0.481 e. The molecule has 1 aliphatic carbocycles. The van der Waals surface area contributed by atoms with Crippen LogP contribution in [0.5, 0.6) is 0 Å². The van der Waals surface area contributed by atoms with Crippen molar-refractivity contribution in [1.82, 2.24) is 4.90 Å². The molecule has 1 aromatic carbocycles. The van der Waals surface area contributed by atoms with E-state index in [2.05, 4.69) is 5.32 Å². The van der Waals surface area contributed by atoms with E-state index in [9.17, 15) is 14.4 Å². The number of nitrogens with one attached hydrogen (secondary N) is 1. The fourth-order valence-corrected chi connectivity index (χ4v) is 2.47. The Hall–Kier alpha value is -2.37. The molecule has 2 atom stereocenters. The number of aliphatic carboxylic acids is 1. The van der Waals surface area contributed by atoms with Gasteiger partial charge < -0.3 is 15.3 Å². The summed E-state index contributed by atoms with van der Waals surface area (Å²) in [6, 6.07) is 6.76. The van der Waals surface area contributed by atoms with Gasteiger partial charge in [-0.2, -0.15) is 0 Å². The Balaban J connectivity index is 2.03. The molecular formula is C17H22N2O4. The zero-order valence-corrected chi connectivity index (χ0v) is 13.4. The van der Waals surface area contributed by atoms with E-state index in [4.69, 9.17) is 5.11 Å². The highest BCUT2D eigenvalue weighted by atomic mass is 16.4. The molecule has 2 N–H and O–H groups in total. The molecule has 1 fully saturated rings. The normalized spacial score (nSPS) is 19.0. The molecule has 2 unspecified atom stereocenters. The summed E-state index contributed by atoms with van der Waals surface area (Å²) in [5.41, 5.74) is 1.04. The number of rotatable bonds is 7. The lowest BCUT2D eigenvalue weighted by molar-refractivity contribution is -0.137. The molecule has 0 saturated heterocycles. The summed E-state index contributed by atoms with van der Waals surface area (Å²) in [5.74, 6) is -0.690. The number of nitrogens with zero attached hydrogens (tertiary/aromatic N) is 1. The lowest BCUT2D eigenvalue weighted by Crippen LogP contribution is -2.32. The van der Waals surface area contributed by atoms with Gasteiger partial charge in [-0.25, -0.2) is 0 Å². The minimum Gasteiger partial charge on any atom is -0.481 e. The lowest BCUT2D eigenvalue weighted by Gasteiger charge is -2.20. The van der Waals surface area contributed by atoms with Crippen LogP contribution in [0.1, 0.15) is 37.0 Å². The molecular weight excluding hydrogens is 296 g/mol. The molecule has 124 valence electrons. The minimum absolute atomic E-state index is 0.0136. The molecule has 2 amide bonds. The summed E-state index contributed by atoms with van der Waals surface area (Å²) < 4.78 is 0. The van der Waals surface area contributed by atoms with Gasteiger partial charge in [0.25, 0.3) is 5.91 Å². The van der Waals surface area contributed by atoms with Crippen molar-refractivity contribution in [3.63, 3.8) is 0 Å². The van der Waals surface area contributed by atoms with Crippen LogP contribution in [0.2, 0.25) is 0 Å². The van der Waals surface area contributed by atoms with Crippen LogP contribution < -0.4 is 5.32 Å². The molecule has 1 aliphatic rings. The van der Waals surface area contributed by atoms with Gasteiger partial charge in [-0.15, -0.1) is 0 Å². The maximum atomic E-state index is 12.4. The van der Waals surface area contributed by atoms with Crippen LogP contribution in [0.3, 0.4) is 0 Å². The first-order valence-electron chi connectivity index (χ1n) is 7.84. The SMILES string of the molecule is CCN(CCC(=O)O)C(=O)c1cccc(NC(=O)C2CC2C)c1. The molecule has 0 radical (unpaired) electrons. The number of carbonyl (C=O) groups is 3. The smallest absolute Gasteiger partial charge is 0.305 e. The summed E-state index contributed by atoms with van der Waals surface area (Å²) in [4.78, 5) is 36.6. The molecule has 0 bridgehead atoms. The third-order valence-electron chi connectivity index (χ3n) is 4.09. The minimum atomic E-state index is -0.934. The number of carbonyl (C=O) groups excluding carboxylic acids is 2. The molecule has 6 heteroatoms. The first-order valence-corrected chi connectivity index (χ1v) is 7.84. The topological polar surface area (TPSA) is 86.7 Å². The van der Waals surface area contributed by atoms with Gasteiger partial charge in [-0.3, -0.25) is 14.4 Å². The van der Waals surface area contributed by atoms with E-state index < -0.39 is 5.97 Å². The van der Waals surface area contributed by atoms with Gasteiger partial charge in [-0.1, -0.05) is 13.0 Å². The van der Waals surface area contributed by atoms with E-state index >= 15 is 0 Å². The Labute approximate surface area is 135 Å². The van der Waals surface area contributed by atoms with Crippen molar-refractivity contribution in [3.05, 3.63) is 29.8 Å². The van der Waals surface area contributed by atoms with Gasteiger partial charge in [0.15, 0.2) is 0 Å². The number of amides is 2. The van der Waals surface area contributed by atoms with Crippen LogP contribution in [0.4, 0.5) is 5.69 Å². The Bertz CT molecular complexity index is 614. The second kappa shape index (κ2) is 7.26. The van der Waals surface area contributed by atoms with Gasteiger partial charge in [0, 0.05) is 30.3 Å². The summed E-state index contributed by atoms with van der Waals surface area (Å²) in [6.07, 6.45) is 0.818. The Morgan fingerprint density at radius 3 is 2.61 bits per heavy atom. The molecule has 2 rings (SSSR count). The van der Waals surface area contributed by atoms with Crippen LogP contribution in [0.15, 0.2) is 24.3 Å². The first-order chi connectivity index (χ1) is 10.9. The maximum absolute atomic E-state index is 12.4. The predicted octanol–water partition coefficient (Wildman–Crippen LogP) is 2.22. The average molecular weight is 318 g/mol. The monoisotopic (exact) mass is 318 g/mol. The highest BCUT2D eigenvalue weighted by Gasteiger charge is 2.39. The summed E-state index contributed by atoms with van der Waals surface area (Å²) in [5, 5.41) is 11.6. The third kappa shape index (κ3) is 4.55. The van der Waals surface area contributed by atoms with Crippen LogP contribution in [0, 0.1) is 11.8 Å². The van der Waals surface area contributed by atoms with Crippen molar-refractivity contribution >= 4 is 23.5 Å². The van der Waals surface area contributed by atoms with Crippen molar-refractivity contribution in [2.45, 2.75) is 26.7 Å². The summed E-state index contributed by atoms with van der Waals surface area (Å²) in [7, 11) is 0. The van der Waals surface area contributed by atoms with Crippen molar-refractivity contribution < 1.29 is 19.5 Å². The molecule has 23 heavy (non-hydrogen) atoms. The average Bonchev–Trinajstić information content (AvgIpc) is 3.25. The zero-order valence-electron chi connectivity index (χ0n) is 13.4. The Kier molecular flexibility index (Phi) is 5.36. The quantitative estimate of drug-likeness (QED) is 0.807. The highest BCUT2D eigenvalue weighted by Crippen LogP contribution is 2.38. The molecule has 0 aromatic heterocycles. The van der Waals surface area contributed by atoms with E-state index in [1.165, 1.54) is 4.90 Å². The second-order valence-corrected chi connectivity index (χ2v) is 5.92. The summed E-state index contributed by atoms with van der Waals surface area (Å²) >= 11 is 0. The van der Waals surface area contributed by atoms with E-state index in [1.54, 1.807) is 31.2 Å². The van der Waals surface area contributed by atoms with Crippen LogP contribution in [-0.2, 0) is 9.59 Å². The van der Waals surface area contributed by atoms with Gasteiger partial charge >= 0.3 is 5.97 Å². The number of benzene rings is 1. The van der Waals surface area contributed by atoms with E-state index in [0.29, 0.717) is 23.7 Å². The van der Waals surface area contributed by atoms with Crippen LogP contribution in [0.25, 0.3) is 0 Å². The lowest BCUT2D eigenvalue weighted by atomic mass is 10.1. The van der Waals surface area contributed by atoms with Crippen LogP contribution in [-0.4, -0.2) is 40.9 Å². The number of carboxylic acid groups (broad SMARTS) is 1. The van der Waals surface area contributed by atoms with Crippen molar-refractivity contribution in [2.24, 2.45) is 11.8 Å². The molecule has 0 heterocycles. The molecule has 0 spiro atoms. The molecule has 1 saturated carbocycles. The van der Waals surface area contributed by atoms with Gasteiger partial charge in [0.1, 0.15) is 0 Å². The molecule has 1 aromatic rings. The van der Waals surface area contributed by atoms with Crippen molar-refractivity contribution in [2.75, 3.05) is 18.4 Å². The summed E-state index contributed by atoms with van der Waals surface area (Å²) in [6.45, 7) is 4.44. The second-order valence-electron chi connectivity index (χ2n) is 5.92. The predicted molar refractivity (Wildman–Crippen MR) is 86.2 cm³/mol. The number of carboxylic acids is 1. The fourth-order valence-electron chi connectivity index (χ4n) is 2.47. The van der Waals surface area contributed by atoms with E-state index in [1.807, 2.05) is 6.92 Å². The van der Waals surface area contributed by atoms with Crippen molar-refractivity contribution in [3.8, 4) is 0 Å². The Morgan fingerprint density at radius 2 is 2.04 bits per heavy atom. The fraction of sp³-hybridized carbons (Fsp3) is 0.471. The number of hydrogen-bond donors (Lipinski definition) is 2. The standard InChI is InChI=1S/C17H22N2O4/c1-3-19(8-7-15(20)21)17(23)12-5-4-6-13(10-12)18-16(22)14-9-11(14)2/h4-6,10-11,14H,3,7-9H2,1-2H3,(H,18,22)(H,20,21). The highest BCUT2D eigenvalue weighted by molar-refractivity contribution is 5.98. The number of anilines is 1. The van der Waals surface area contributed by atoms with E-state index in [0.717, 1.165) is 6.42 Å². The molecule has 6 nitrogen and oxygen atoms in total. The van der Waals surface area contributed by atoms with E-state index in [-0.39, 0.29) is 30.7 Å². The Morgan fingerprint density at radius 1 is 1.35 bits per heavy atom. The van der Waals surface area contributed by atoms with Crippen molar-refractivity contribution in [1.29, 1.82) is 0 Å². The third-order valence-corrected chi connectivity index (χ3v) is 4.09. The van der Waals surface area contributed by atoms with Crippen LogP contribution >= 0.6 is 0 Å². The first kappa shape index (κ1) is 17.0. The van der Waals surface area contributed by atoms with Gasteiger partial charge in [0.05, 0.1) is 6.42 Å². The van der Waals surface area contributed by atoms with Gasteiger partial charge in [0.2, 0.25) is 5.91 Å². The maximum Gasteiger partial charge on any atom is 0.305 e. The zero-order chi connectivity index (χ0) is 17.0.